The Morgan fingerprint density at radius 1 is 1.31 bits per heavy atom. The molecular weight excluding hydrogens is 474 g/mol. The largest absolute Gasteiger partial charge is 0.377 e. The van der Waals surface area contributed by atoms with E-state index in [2.05, 4.69) is 25.6 Å². The number of aryl methyl sites for hydroxylation is 1. The number of carbonyl (C=O) groups excluding carboxylic acids is 2. The van der Waals surface area contributed by atoms with Gasteiger partial charge in [0.2, 0.25) is 0 Å². The SMILES string of the molecule is Cc1[nH]c2ccc(NC(=O)C(C)(O)[C@H]3OCCN(c4ccn(-c5ccnnc5)n4)C3=O)cc2c1Cl. The Kier molecular flexibility index (Phi) is 5.75. The summed E-state index contributed by atoms with van der Waals surface area (Å²) in [7, 11) is 0. The van der Waals surface area contributed by atoms with Gasteiger partial charge in [0.1, 0.15) is 0 Å². The van der Waals surface area contributed by atoms with Gasteiger partial charge in [0, 0.05) is 34.5 Å². The van der Waals surface area contributed by atoms with Crippen molar-refractivity contribution in [3.63, 3.8) is 0 Å². The van der Waals surface area contributed by atoms with E-state index in [1.165, 1.54) is 24.2 Å². The summed E-state index contributed by atoms with van der Waals surface area (Å²) in [4.78, 5) is 30.9. The summed E-state index contributed by atoms with van der Waals surface area (Å²) in [6, 6.07) is 8.54. The molecule has 3 aromatic heterocycles. The molecule has 5 rings (SSSR count). The summed E-state index contributed by atoms with van der Waals surface area (Å²) in [6.07, 6.45) is 3.32. The number of rotatable bonds is 5. The first-order chi connectivity index (χ1) is 16.8. The lowest BCUT2D eigenvalue weighted by Crippen LogP contribution is -2.61. The van der Waals surface area contributed by atoms with Gasteiger partial charge in [-0.2, -0.15) is 10.2 Å². The molecule has 0 aliphatic carbocycles. The number of amides is 2. The topological polar surface area (TPSA) is 138 Å². The van der Waals surface area contributed by atoms with Crippen LogP contribution >= 0.6 is 11.6 Å². The van der Waals surface area contributed by atoms with Crippen LogP contribution in [0.1, 0.15) is 12.6 Å². The summed E-state index contributed by atoms with van der Waals surface area (Å²) in [5.41, 5.74) is 0.569. The van der Waals surface area contributed by atoms with Crippen LogP contribution in [0.4, 0.5) is 11.5 Å². The second-order valence-corrected chi connectivity index (χ2v) is 8.76. The zero-order valence-corrected chi connectivity index (χ0v) is 19.7. The maximum atomic E-state index is 13.3. The number of hydrogen-bond donors (Lipinski definition) is 3. The second-order valence-electron chi connectivity index (χ2n) is 8.39. The summed E-state index contributed by atoms with van der Waals surface area (Å²) in [5.74, 6) is -0.998. The third kappa shape index (κ3) is 4.14. The first-order valence-electron chi connectivity index (χ1n) is 10.8. The van der Waals surface area contributed by atoms with Crippen molar-refractivity contribution in [3.05, 3.63) is 59.6 Å². The van der Waals surface area contributed by atoms with Crippen molar-refractivity contribution in [1.29, 1.82) is 0 Å². The Morgan fingerprint density at radius 2 is 2.14 bits per heavy atom. The Labute approximate surface area is 204 Å². The van der Waals surface area contributed by atoms with Gasteiger partial charge in [-0.3, -0.25) is 14.5 Å². The minimum absolute atomic E-state index is 0.119. The van der Waals surface area contributed by atoms with E-state index >= 15 is 0 Å². The number of halogens is 1. The van der Waals surface area contributed by atoms with Crippen molar-refractivity contribution < 1.29 is 19.4 Å². The fourth-order valence-electron chi connectivity index (χ4n) is 3.98. The number of aromatic nitrogens is 5. The molecule has 1 unspecified atom stereocenters. The number of anilines is 2. The van der Waals surface area contributed by atoms with Gasteiger partial charge in [0.15, 0.2) is 17.5 Å². The molecule has 0 spiro atoms. The quantitative estimate of drug-likeness (QED) is 0.386. The number of aliphatic hydroxyl groups is 1. The highest BCUT2D eigenvalue weighted by Crippen LogP contribution is 2.30. The molecule has 1 aromatic carbocycles. The smallest absolute Gasteiger partial charge is 0.260 e. The van der Waals surface area contributed by atoms with E-state index in [-0.39, 0.29) is 13.2 Å². The highest BCUT2D eigenvalue weighted by Gasteiger charge is 2.48. The zero-order chi connectivity index (χ0) is 24.7. The molecule has 4 heterocycles. The van der Waals surface area contributed by atoms with Gasteiger partial charge in [-0.25, -0.2) is 4.68 Å². The molecule has 1 aliphatic heterocycles. The van der Waals surface area contributed by atoms with Crippen molar-refractivity contribution in [1.82, 2.24) is 25.0 Å². The van der Waals surface area contributed by atoms with Crippen LogP contribution in [0.25, 0.3) is 16.6 Å². The van der Waals surface area contributed by atoms with E-state index in [0.717, 1.165) is 16.6 Å². The van der Waals surface area contributed by atoms with Crippen LogP contribution in [-0.4, -0.2) is 66.7 Å². The number of morpholine rings is 1. The van der Waals surface area contributed by atoms with Gasteiger partial charge < -0.3 is 20.1 Å². The van der Waals surface area contributed by atoms with Crippen molar-refractivity contribution >= 4 is 45.8 Å². The first-order valence-corrected chi connectivity index (χ1v) is 11.2. The van der Waals surface area contributed by atoms with Crippen LogP contribution in [0, 0.1) is 6.92 Å². The maximum Gasteiger partial charge on any atom is 0.260 e. The molecule has 0 bridgehead atoms. The summed E-state index contributed by atoms with van der Waals surface area (Å²) >= 11 is 6.32. The van der Waals surface area contributed by atoms with Crippen LogP contribution in [-0.2, 0) is 14.3 Å². The highest BCUT2D eigenvalue weighted by molar-refractivity contribution is 6.36. The van der Waals surface area contributed by atoms with E-state index < -0.39 is 23.5 Å². The number of hydrogen-bond acceptors (Lipinski definition) is 7. The number of aromatic amines is 1. The average molecular weight is 496 g/mol. The molecule has 4 aromatic rings. The molecule has 1 saturated heterocycles. The van der Waals surface area contributed by atoms with Crippen LogP contribution in [0.15, 0.2) is 48.9 Å². The molecule has 0 saturated carbocycles. The van der Waals surface area contributed by atoms with Gasteiger partial charge >= 0.3 is 0 Å². The third-order valence-electron chi connectivity index (χ3n) is 5.91. The lowest BCUT2D eigenvalue weighted by atomic mass is 9.95. The first kappa shape index (κ1) is 23.0. The lowest BCUT2D eigenvalue weighted by molar-refractivity contribution is -0.165. The number of ether oxygens (including phenoxy) is 1. The van der Waals surface area contributed by atoms with E-state index in [4.69, 9.17) is 16.3 Å². The lowest BCUT2D eigenvalue weighted by Gasteiger charge is -2.37. The fraction of sp³-hybridized carbons (Fsp3) is 0.261. The van der Waals surface area contributed by atoms with Crippen LogP contribution in [0.5, 0.6) is 0 Å². The van der Waals surface area contributed by atoms with Crippen LogP contribution in [0.3, 0.4) is 0 Å². The third-order valence-corrected chi connectivity index (χ3v) is 6.40. The summed E-state index contributed by atoms with van der Waals surface area (Å²) < 4.78 is 7.12. The molecular formula is C23H22ClN7O4. The van der Waals surface area contributed by atoms with Crippen LogP contribution < -0.4 is 10.2 Å². The molecule has 0 radical (unpaired) electrons. The standard InChI is InChI=1S/C23H22ClN7O4/c1-13-19(24)16-11-14(3-4-17(16)27-13)28-22(33)23(2,34)20-21(32)30(9-10-35-20)18-6-8-31(29-18)15-5-7-25-26-12-15/h3-8,11-12,20,27,34H,9-10H2,1-2H3,(H,28,33)/t20-,23?/m0/s1. The minimum atomic E-state index is -2.15. The molecule has 35 heavy (non-hydrogen) atoms. The van der Waals surface area contributed by atoms with Crippen LogP contribution in [0.2, 0.25) is 5.02 Å². The summed E-state index contributed by atoms with van der Waals surface area (Å²) in [5, 5.41) is 27.0. The van der Waals surface area contributed by atoms with Gasteiger partial charge in [0.05, 0.1) is 36.3 Å². The molecule has 11 nitrogen and oxygen atoms in total. The molecule has 2 atom stereocenters. The van der Waals surface area contributed by atoms with Crippen molar-refractivity contribution in [2.24, 2.45) is 0 Å². The number of H-pyrrole nitrogens is 1. The van der Waals surface area contributed by atoms with E-state index in [1.54, 1.807) is 41.2 Å². The Morgan fingerprint density at radius 3 is 2.91 bits per heavy atom. The van der Waals surface area contributed by atoms with Gasteiger partial charge in [-0.05, 0) is 38.1 Å². The minimum Gasteiger partial charge on any atom is -0.377 e. The van der Waals surface area contributed by atoms with E-state index in [1.807, 2.05) is 6.92 Å². The van der Waals surface area contributed by atoms with Gasteiger partial charge in [-0.15, -0.1) is 5.10 Å². The molecule has 180 valence electrons. The fourth-order valence-corrected chi connectivity index (χ4v) is 4.19. The Bertz CT molecular complexity index is 1420. The Hall–Kier alpha value is -3.80. The monoisotopic (exact) mass is 495 g/mol. The van der Waals surface area contributed by atoms with Crippen molar-refractivity contribution in [2.75, 3.05) is 23.4 Å². The molecule has 1 aliphatic rings. The average Bonchev–Trinajstić information content (AvgIpc) is 3.45. The predicted molar refractivity (Wildman–Crippen MR) is 129 cm³/mol. The molecule has 12 heteroatoms. The highest BCUT2D eigenvalue weighted by atomic mass is 35.5. The molecule has 1 fully saturated rings. The number of carbonyl (C=O) groups is 2. The summed E-state index contributed by atoms with van der Waals surface area (Å²) in [6.45, 7) is 3.44. The second kappa shape index (κ2) is 8.77. The van der Waals surface area contributed by atoms with E-state index in [0.29, 0.717) is 22.2 Å². The normalized spacial score (nSPS) is 18.0. The molecule has 3 N–H and O–H groups in total. The van der Waals surface area contributed by atoms with Crippen molar-refractivity contribution in [3.8, 4) is 5.69 Å². The van der Waals surface area contributed by atoms with E-state index in [9.17, 15) is 14.7 Å². The maximum absolute atomic E-state index is 13.3. The van der Waals surface area contributed by atoms with Crippen molar-refractivity contribution in [2.45, 2.75) is 25.6 Å². The molecule has 2 amide bonds. The number of fused-ring (bicyclic) bond motifs is 1. The predicted octanol–water partition coefficient (Wildman–Crippen LogP) is 2.23. The number of benzene rings is 1. The van der Waals surface area contributed by atoms with Gasteiger partial charge in [-0.1, -0.05) is 11.6 Å². The van der Waals surface area contributed by atoms with Gasteiger partial charge in [0.25, 0.3) is 11.8 Å². The Balaban J connectivity index is 1.35. The number of nitrogens with zero attached hydrogens (tertiary/aromatic N) is 5. The number of nitrogens with one attached hydrogen (secondary N) is 2. The zero-order valence-electron chi connectivity index (χ0n) is 18.9.